The minimum absolute atomic E-state index is 0.0197. The molecule has 2 N–H and O–H groups in total. The fourth-order valence-electron chi connectivity index (χ4n) is 4.57. The van der Waals surface area contributed by atoms with E-state index in [0.717, 1.165) is 46.7 Å². The number of nitrogens with zero attached hydrogens (tertiary/aromatic N) is 1. The smallest absolute Gasteiger partial charge is 0.119 e. The van der Waals surface area contributed by atoms with E-state index in [4.69, 9.17) is 9.72 Å². The van der Waals surface area contributed by atoms with Crippen LogP contribution in [-0.4, -0.2) is 21.3 Å². The summed E-state index contributed by atoms with van der Waals surface area (Å²) >= 11 is 0. The molecular formula is C27H41NO3. The van der Waals surface area contributed by atoms with Crippen molar-refractivity contribution in [1.29, 1.82) is 0 Å². The Bertz CT molecular complexity index is 833. The Morgan fingerprint density at radius 2 is 1.97 bits per heavy atom. The molecule has 4 heteroatoms. The molecule has 0 radical (unpaired) electrons. The lowest BCUT2D eigenvalue weighted by atomic mass is 9.72. The first-order chi connectivity index (χ1) is 14.5. The lowest BCUT2D eigenvalue weighted by molar-refractivity contribution is 0.0962. The standard InChI is InChI=1S/C27H41NO3/c1-9-12-19(31-18(5)6)13-11-14-22(29)25-20(10-2)24-21(28-26(25)17(3)4)15-27(7,8)16-23(24)30/h9,11-13,17-18,22-23,29-30H,1,10,14-16H2,2-8H3/b13-11-,19-12+. The first-order valence-corrected chi connectivity index (χ1v) is 11.6. The molecule has 2 rings (SSSR count). The highest BCUT2D eigenvalue weighted by Crippen LogP contribution is 2.44. The second-order valence-corrected chi connectivity index (χ2v) is 9.94. The van der Waals surface area contributed by atoms with Gasteiger partial charge in [0.1, 0.15) is 5.76 Å². The maximum Gasteiger partial charge on any atom is 0.119 e. The van der Waals surface area contributed by atoms with E-state index in [-0.39, 0.29) is 17.4 Å². The third-order valence-electron chi connectivity index (χ3n) is 5.75. The van der Waals surface area contributed by atoms with Crippen molar-refractivity contribution in [2.24, 2.45) is 5.41 Å². The van der Waals surface area contributed by atoms with Crippen molar-refractivity contribution >= 4 is 0 Å². The number of rotatable bonds is 9. The number of hydrogen-bond acceptors (Lipinski definition) is 4. The highest BCUT2D eigenvalue weighted by Gasteiger charge is 2.36. The van der Waals surface area contributed by atoms with E-state index in [1.165, 1.54) is 0 Å². The van der Waals surface area contributed by atoms with Gasteiger partial charge in [-0.25, -0.2) is 0 Å². The second kappa shape index (κ2) is 10.6. The van der Waals surface area contributed by atoms with Crippen LogP contribution in [-0.2, 0) is 17.6 Å². The Hall–Kier alpha value is -1.91. The monoisotopic (exact) mass is 427 g/mol. The summed E-state index contributed by atoms with van der Waals surface area (Å²) < 4.78 is 5.77. The molecule has 1 aromatic rings. The average molecular weight is 428 g/mol. The van der Waals surface area contributed by atoms with E-state index >= 15 is 0 Å². The fraction of sp³-hybridized carbons (Fsp3) is 0.593. The summed E-state index contributed by atoms with van der Waals surface area (Å²) in [5.41, 5.74) is 4.86. The lowest BCUT2D eigenvalue weighted by Crippen LogP contribution is -2.29. The Labute approximate surface area is 188 Å². The summed E-state index contributed by atoms with van der Waals surface area (Å²) in [7, 11) is 0. The highest BCUT2D eigenvalue weighted by atomic mass is 16.5. The van der Waals surface area contributed by atoms with E-state index < -0.39 is 12.2 Å². The van der Waals surface area contributed by atoms with Crippen LogP contribution in [0.15, 0.2) is 36.6 Å². The Kier molecular flexibility index (Phi) is 8.67. The zero-order valence-electron chi connectivity index (χ0n) is 20.4. The molecule has 0 fully saturated rings. The number of fused-ring (bicyclic) bond motifs is 1. The third-order valence-corrected chi connectivity index (χ3v) is 5.75. The molecule has 1 aliphatic carbocycles. The number of aromatic nitrogens is 1. The van der Waals surface area contributed by atoms with Gasteiger partial charge >= 0.3 is 0 Å². The third kappa shape index (κ3) is 6.30. The maximum absolute atomic E-state index is 11.2. The molecule has 0 spiro atoms. The average Bonchev–Trinajstić information content (AvgIpc) is 2.64. The predicted molar refractivity (Wildman–Crippen MR) is 128 cm³/mol. The van der Waals surface area contributed by atoms with Crippen LogP contribution in [0.1, 0.15) is 108 Å². The van der Waals surface area contributed by atoms with Crippen LogP contribution in [0.4, 0.5) is 0 Å². The van der Waals surface area contributed by atoms with Gasteiger partial charge in [-0.05, 0) is 68.6 Å². The quantitative estimate of drug-likeness (QED) is 0.361. The molecule has 0 bridgehead atoms. The first kappa shape index (κ1) is 25.4. The number of ether oxygens (including phenoxy) is 1. The zero-order chi connectivity index (χ0) is 23.3. The van der Waals surface area contributed by atoms with Gasteiger partial charge in [0, 0.05) is 22.5 Å². The van der Waals surface area contributed by atoms with Crippen molar-refractivity contribution in [3.8, 4) is 0 Å². The van der Waals surface area contributed by atoms with Gasteiger partial charge in [0.2, 0.25) is 0 Å². The normalized spacial score (nSPS) is 19.7. The van der Waals surface area contributed by atoms with Crippen LogP contribution in [0, 0.1) is 5.41 Å². The van der Waals surface area contributed by atoms with Gasteiger partial charge in [0.15, 0.2) is 0 Å². The summed E-state index contributed by atoms with van der Waals surface area (Å²) in [6.45, 7) is 18.4. The van der Waals surface area contributed by atoms with Crippen molar-refractivity contribution in [1.82, 2.24) is 4.98 Å². The number of pyridine rings is 1. The van der Waals surface area contributed by atoms with E-state index in [0.29, 0.717) is 12.8 Å². The Morgan fingerprint density at radius 3 is 2.52 bits per heavy atom. The van der Waals surface area contributed by atoms with Crippen molar-refractivity contribution < 1.29 is 14.9 Å². The largest absolute Gasteiger partial charge is 0.491 e. The molecule has 0 saturated heterocycles. The topological polar surface area (TPSA) is 62.6 Å². The van der Waals surface area contributed by atoms with E-state index in [1.54, 1.807) is 6.08 Å². The SMILES string of the molecule is C=C/C=C(\C=C/CC(O)c1c(C(C)C)nc2c(c1CC)C(O)CC(C)(C)C2)OC(C)C. The summed E-state index contributed by atoms with van der Waals surface area (Å²) in [5.74, 6) is 0.908. The fourth-order valence-corrected chi connectivity index (χ4v) is 4.57. The van der Waals surface area contributed by atoms with Crippen LogP contribution in [0.2, 0.25) is 0 Å². The van der Waals surface area contributed by atoms with Crippen molar-refractivity contribution in [2.75, 3.05) is 0 Å². The number of aliphatic hydroxyl groups excluding tert-OH is 2. The van der Waals surface area contributed by atoms with Crippen LogP contribution in [0.5, 0.6) is 0 Å². The lowest BCUT2D eigenvalue weighted by Gasteiger charge is -2.37. The molecule has 172 valence electrons. The van der Waals surface area contributed by atoms with Gasteiger partial charge in [0.05, 0.1) is 18.3 Å². The van der Waals surface area contributed by atoms with Crippen LogP contribution < -0.4 is 0 Å². The van der Waals surface area contributed by atoms with Gasteiger partial charge < -0.3 is 14.9 Å². The van der Waals surface area contributed by atoms with E-state index in [2.05, 4.69) is 41.2 Å². The van der Waals surface area contributed by atoms with Gasteiger partial charge in [-0.2, -0.15) is 0 Å². The van der Waals surface area contributed by atoms with Crippen molar-refractivity contribution in [3.05, 3.63) is 64.7 Å². The zero-order valence-corrected chi connectivity index (χ0v) is 20.4. The van der Waals surface area contributed by atoms with Gasteiger partial charge in [-0.15, -0.1) is 0 Å². The van der Waals surface area contributed by atoms with Crippen LogP contribution >= 0.6 is 0 Å². The van der Waals surface area contributed by atoms with E-state index in [9.17, 15) is 10.2 Å². The number of allylic oxidation sites excluding steroid dienone is 3. The molecule has 2 unspecified atom stereocenters. The predicted octanol–water partition coefficient (Wildman–Crippen LogP) is 6.25. The molecule has 0 aliphatic heterocycles. The van der Waals surface area contributed by atoms with Gasteiger partial charge in [-0.3, -0.25) is 4.98 Å². The summed E-state index contributed by atoms with van der Waals surface area (Å²) in [6.07, 6.45) is 8.95. The molecule has 1 heterocycles. The molecule has 1 aliphatic rings. The van der Waals surface area contributed by atoms with Crippen molar-refractivity contribution in [3.63, 3.8) is 0 Å². The van der Waals surface area contributed by atoms with Crippen molar-refractivity contribution in [2.45, 2.75) is 98.4 Å². The minimum Gasteiger partial charge on any atom is -0.491 e. The molecule has 0 aromatic carbocycles. The minimum atomic E-state index is -0.687. The molecular weight excluding hydrogens is 386 g/mol. The van der Waals surface area contributed by atoms with E-state index in [1.807, 2.05) is 32.1 Å². The summed E-state index contributed by atoms with van der Waals surface area (Å²) in [6, 6.07) is 0. The molecule has 0 amide bonds. The molecule has 4 nitrogen and oxygen atoms in total. The first-order valence-electron chi connectivity index (χ1n) is 11.6. The highest BCUT2D eigenvalue weighted by molar-refractivity contribution is 5.46. The van der Waals surface area contributed by atoms with Crippen LogP contribution in [0.3, 0.4) is 0 Å². The summed E-state index contributed by atoms with van der Waals surface area (Å²) in [5, 5.41) is 22.2. The molecule has 31 heavy (non-hydrogen) atoms. The summed E-state index contributed by atoms with van der Waals surface area (Å²) in [4.78, 5) is 5.01. The number of hydrogen-bond donors (Lipinski definition) is 2. The maximum atomic E-state index is 11.2. The Balaban J connectivity index is 2.45. The Morgan fingerprint density at radius 1 is 1.29 bits per heavy atom. The second-order valence-electron chi connectivity index (χ2n) is 9.94. The molecule has 2 atom stereocenters. The molecule has 0 saturated carbocycles. The number of aliphatic hydroxyl groups is 2. The molecule has 1 aromatic heterocycles. The van der Waals surface area contributed by atoms with Crippen LogP contribution in [0.25, 0.3) is 0 Å². The van der Waals surface area contributed by atoms with Gasteiger partial charge in [-0.1, -0.05) is 53.3 Å². The van der Waals surface area contributed by atoms with Gasteiger partial charge in [0.25, 0.3) is 0 Å².